The van der Waals surface area contributed by atoms with E-state index in [2.05, 4.69) is 5.32 Å². The molecule has 1 heterocycles. The van der Waals surface area contributed by atoms with Gasteiger partial charge >= 0.3 is 5.97 Å². The van der Waals surface area contributed by atoms with Gasteiger partial charge in [0.1, 0.15) is 0 Å². The highest BCUT2D eigenvalue weighted by atomic mass is 16.6. The predicted octanol–water partition coefficient (Wildman–Crippen LogP) is 1.81. The van der Waals surface area contributed by atoms with Crippen LogP contribution in [0, 0.1) is 0 Å². The van der Waals surface area contributed by atoms with Crippen LogP contribution >= 0.6 is 0 Å². The maximum atomic E-state index is 12.0. The van der Waals surface area contributed by atoms with E-state index in [9.17, 15) is 9.59 Å². The first-order valence-corrected chi connectivity index (χ1v) is 8.01. The molecule has 1 amide bonds. The first-order valence-electron chi connectivity index (χ1n) is 8.01. The summed E-state index contributed by atoms with van der Waals surface area (Å²) in [6.45, 7) is 10.1. The second-order valence-corrected chi connectivity index (χ2v) is 6.42. The summed E-state index contributed by atoms with van der Waals surface area (Å²) >= 11 is 0. The molecule has 1 fully saturated rings. The van der Waals surface area contributed by atoms with Gasteiger partial charge in [-0.3, -0.25) is 4.79 Å². The van der Waals surface area contributed by atoms with Crippen molar-refractivity contribution in [2.75, 3.05) is 13.2 Å². The molecule has 1 aliphatic rings. The first kappa shape index (κ1) is 18.9. The summed E-state index contributed by atoms with van der Waals surface area (Å²) in [6.07, 6.45) is 1.27. The van der Waals surface area contributed by atoms with Gasteiger partial charge in [-0.2, -0.15) is 0 Å². The highest BCUT2D eigenvalue weighted by Crippen LogP contribution is 2.13. The molecular formula is C16H29NO5. The van der Waals surface area contributed by atoms with Crippen molar-refractivity contribution in [3.63, 3.8) is 0 Å². The van der Waals surface area contributed by atoms with Gasteiger partial charge < -0.3 is 19.5 Å². The number of rotatable bonds is 8. The Hall–Kier alpha value is -1.14. The minimum absolute atomic E-state index is 0.0568. The van der Waals surface area contributed by atoms with E-state index < -0.39 is 18.2 Å². The Kier molecular flexibility index (Phi) is 7.29. The fraction of sp³-hybridized carbons (Fsp3) is 0.875. The highest BCUT2D eigenvalue weighted by Gasteiger charge is 2.27. The van der Waals surface area contributed by atoms with Crippen LogP contribution < -0.4 is 5.32 Å². The molecule has 0 aliphatic carbocycles. The topological polar surface area (TPSA) is 73.9 Å². The van der Waals surface area contributed by atoms with Gasteiger partial charge in [-0.05, 0) is 47.0 Å². The van der Waals surface area contributed by atoms with E-state index in [0.29, 0.717) is 6.61 Å². The zero-order valence-corrected chi connectivity index (χ0v) is 14.3. The molecule has 1 rings (SSSR count). The fourth-order valence-corrected chi connectivity index (χ4v) is 1.94. The average Bonchev–Trinajstić information content (AvgIpc) is 2.97. The second kappa shape index (κ2) is 8.48. The van der Waals surface area contributed by atoms with Crippen molar-refractivity contribution in [2.24, 2.45) is 0 Å². The van der Waals surface area contributed by atoms with Crippen LogP contribution in [0.2, 0.25) is 0 Å². The molecule has 3 atom stereocenters. The Labute approximate surface area is 132 Å². The largest absolute Gasteiger partial charge is 0.451 e. The molecule has 6 heteroatoms. The van der Waals surface area contributed by atoms with Gasteiger partial charge in [0.2, 0.25) is 0 Å². The van der Waals surface area contributed by atoms with E-state index in [1.165, 1.54) is 0 Å². The lowest BCUT2D eigenvalue weighted by molar-refractivity contribution is -0.166. The summed E-state index contributed by atoms with van der Waals surface area (Å²) in [5.74, 6) is -0.832. The van der Waals surface area contributed by atoms with E-state index in [4.69, 9.17) is 14.2 Å². The maximum Gasteiger partial charge on any atom is 0.335 e. The van der Waals surface area contributed by atoms with Gasteiger partial charge in [-0.15, -0.1) is 0 Å². The fourth-order valence-electron chi connectivity index (χ4n) is 1.94. The minimum Gasteiger partial charge on any atom is -0.451 e. The van der Waals surface area contributed by atoms with Crippen LogP contribution in [0.25, 0.3) is 0 Å². The monoisotopic (exact) mass is 315 g/mol. The molecule has 0 bridgehead atoms. The standard InChI is InChI=1S/C16H29NO5/c1-6-16(4,5)17-14(18)11(2)22-15(19)12(3)21-10-13-8-7-9-20-13/h11-13H,6-10H2,1-5H3,(H,17,18). The number of ether oxygens (including phenoxy) is 3. The quantitative estimate of drug-likeness (QED) is 0.692. The zero-order chi connectivity index (χ0) is 16.8. The molecule has 0 aromatic carbocycles. The molecule has 1 N–H and O–H groups in total. The number of carbonyl (C=O) groups excluding carboxylic acids is 2. The third-order valence-electron chi connectivity index (χ3n) is 3.90. The van der Waals surface area contributed by atoms with E-state index in [0.717, 1.165) is 25.9 Å². The lowest BCUT2D eigenvalue weighted by Crippen LogP contribution is -2.48. The van der Waals surface area contributed by atoms with Gasteiger partial charge in [0.25, 0.3) is 5.91 Å². The third kappa shape index (κ3) is 6.32. The lowest BCUT2D eigenvalue weighted by atomic mass is 10.0. The Morgan fingerprint density at radius 3 is 2.55 bits per heavy atom. The summed E-state index contributed by atoms with van der Waals surface area (Å²) in [5.41, 5.74) is -0.320. The van der Waals surface area contributed by atoms with Crippen molar-refractivity contribution < 1.29 is 23.8 Å². The van der Waals surface area contributed by atoms with Gasteiger partial charge in [-0.25, -0.2) is 4.79 Å². The Morgan fingerprint density at radius 2 is 2.00 bits per heavy atom. The molecule has 3 unspecified atom stereocenters. The van der Waals surface area contributed by atoms with Gasteiger partial charge in [0.05, 0.1) is 12.7 Å². The van der Waals surface area contributed by atoms with Crippen LogP contribution in [0.1, 0.15) is 53.9 Å². The first-order chi connectivity index (χ1) is 10.2. The summed E-state index contributed by atoms with van der Waals surface area (Å²) in [6, 6.07) is 0. The van der Waals surface area contributed by atoms with E-state index in [1.54, 1.807) is 13.8 Å². The average molecular weight is 315 g/mol. The summed E-state index contributed by atoms with van der Waals surface area (Å²) < 4.78 is 16.1. The normalized spacial score (nSPS) is 21.2. The van der Waals surface area contributed by atoms with Crippen molar-refractivity contribution in [3.8, 4) is 0 Å². The molecule has 0 aromatic rings. The van der Waals surface area contributed by atoms with E-state index in [-0.39, 0.29) is 17.6 Å². The number of hydrogen-bond donors (Lipinski definition) is 1. The minimum atomic E-state index is -0.841. The maximum absolute atomic E-state index is 12.0. The van der Waals surface area contributed by atoms with Crippen molar-refractivity contribution >= 4 is 11.9 Å². The SMILES string of the molecule is CCC(C)(C)NC(=O)C(C)OC(=O)C(C)OCC1CCCO1. The van der Waals surface area contributed by atoms with Crippen LogP contribution in [0.4, 0.5) is 0 Å². The lowest BCUT2D eigenvalue weighted by Gasteiger charge is -2.26. The Bertz CT molecular complexity index is 377. The molecule has 0 spiro atoms. The van der Waals surface area contributed by atoms with E-state index >= 15 is 0 Å². The molecular weight excluding hydrogens is 286 g/mol. The third-order valence-corrected chi connectivity index (χ3v) is 3.90. The van der Waals surface area contributed by atoms with Crippen LogP contribution in [-0.2, 0) is 23.8 Å². The van der Waals surface area contributed by atoms with Crippen molar-refractivity contribution in [1.82, 2.24) is 5.32 Å². The molecule has 0 aromatic heterocycles. The van der Waals surface area contributed by atoms with Crippen LogP contribution in [0.3, 0.4) is 0 Å². The number of nitrogens with one attached hydrogen (secondary N) is 1. The van der Waals surface area contributed by atoms with Gasteiger partial charge in [-0.1, -0.05) is 6.92 Å². The molecule has 1 saturated heterocycles. The summed E-state index contributed by atoms with van der Waals surface area (Å²) in [7, 11) is 0. The van der Waals surface area contributed by atoms with Crippen molar-refractivity contribution in [3.05, 3.63) is 0 Å². The molecule has 0 saturated carbocycles. The molecule has 128 valence electrons. The molecule has 6 nitrogen and oxygen atoms in total. The highest BCUT2D eigenvalue weighted by molar-refractivity contribution is 5.84. The zero-order valence-electron chi connectivity index (χ0n) is 14.3. The smallest absolute Gasteiger partial charge is 0.335 e. The molecule has 22 heavy (non-hydrogen) atoms. The van der Waals surface area contributed by atoms with Gasteiger partial charge in [0, 0.05) is 12.1 Å². The van der Waals surface area contributed by atoms with Gasteiger partial charge in [0.15, 0.2) is 12.2 Å². The number of amides is 1. The molecule has 1 aliphatic heterocycles. The van der Waals surface area contributed by atoms with Crippen molar-refractivity contribution in [2.45, 2.75) is 77.7 Å². The van der Waals surface area contributed by atoms with Crippen LogP contribution in [-0.4, -0.2) is 48.9 Å². The van der Waals surface area contributed by atoms with Crippen LogP contribution in [0.5, 0.6) is 0 Å². The Balaban J connectivity index is 2.33. The van der Waals surface area contributed by atoms with Crippen LogP contribution in [0.15, 0.2) is 0 Å². The Morgan fingerprint density at radius 1 is 1.32 bits per heavy atom. The van der Waals surface area contributed by atoms with E-state index in [1.807, 2.05) is 20.8 Å². The summed E-state index contributed by atoms with van der Waals surface area (Å²) in [5, 5.41) is 2.85. The predicted molar refractivity (Wildman–Crippen MR) is 82.5 cm³/mol. The number of hydrogen-bond acceptors (Lipinski definition) is 5. The second-order valence-electron chi connectivity index (χ2n) is 6.42. The summed E-state index contributed by atoms with van der Waals surface area (Å²) in [4.78, 5) is 23.9. The number of esters is 1. The number of carbonyl (C=O) groups is 2. The molecule has 0 radical (unpaired) electrons. The van der Waals surface area contributed by atoms with Crippen molar-refractivity contribution in [1.29, 1.82) is 0 Å².